The van der Waals surface area contributed by atoms with Crippen LogP contribution in [0.2, 0.25) is 0 Å². The minimum atomic E-state index is 0.363. The van der Waals surface area contributed by atoms with Gasteiger partial charge in [-0.05, 0) is 26.0 Å². The molecule has 0 fully saturated rings. The molecule has 0 bridgehead atoms. The van der Waals surface area contributed by atoms with Crippen molar-refractivity contribution in [1.82, 2.24) is 10.2 Å². The standard InChI is InChI=1S/C15H26N4/c1-4-10-17-15(16)18-11-13(2)19(3)12-14-8-6-5-7-9-14/h5-9,13H,4,10-12H2,1-3H3,(H3,16,17,18). The van der Waals surface area contributed by atoms with Crippen LogP contribution in [0, 0.1) is 0 Å². The Morgan fingerprint density at radius 2 is 2.05 bits per heavy atom. The maximum Gasteiger partial charge on any atom is 0.188 e. The number of rotatable bonds is 7. The fourth-order valence-electron chi connectivity index (χ4n) is 1.71. The highest BCUT2D eigenvalue weighted by molar-refractivity contribution is 5.77. The Labute approximate surface area is 116 Å². The molecule has 106 valence electrons. The van der Waals surface area contributed by atoms with E-state index in [0.717, 1.165) is 19.5 Å². The molecule has 4 heteroatoms. The Morgan fingerprint density at radius 1 is 1.37 bits per heavy atom. The summed E-state index contributed by atoms with van der Waals surface area (Å²) in [6.45, 7) is 6.80. The fraction of sp³-hybridized carbons (Fsp3) is 0.533. The van der Waals surface area contributed by atoms with Crippen LogP contribution in [-0.2, 0) is 6.54 Å². The number of hydrogen-bond donors (Lipinski definition) is 2. The second kappa shape index (κ2) is 8.53. The fourth-order valence-corrected chi connectivity index (χ4v) is 1.71. The summed E-state index contributed by atoms with van der Waals surface area (Å²) < 4.78 is 0. The Balaban J connectivity index is 2.38. The summed E-state index contributed by atoms with van der Waals surface area (Å²) in [6.07, 6.45) is 1.06. The van der Waals surface area contributed by atoms with E-state index in [0.29, 0.717) is 18.5 Å². The van der Waals surface area contributed by atoms with Gasteiger partial charge in [0.05, 0.1) is 6.54 Å². The van der Waals surface area contributed by atoms with E-state index in [2.05, 4.69) is 60.4 Å². The van der Waals surface area contributed by atoms with Crippen molar-refractivity contribution >= 4 is 5.96 Å². The van der Waals surface area contributed by atoms with E-state index < -0.39 is 0 Å². The molecule has 0 aliphatic carbocycles. The molecule has 0 radical (unpaired) electrons. The summed E-state index contributed by atoms with van der Waals surface area (Å²) in [5.74, 6) is 0.543. The first-order valence-corrected chi connectivity index (χ1v) is 6.91. The average molecular weight is 262 g/mol. The van der Waals surface area contributed by atoms with Crippen LogP contribution >= 0.6 is 0 Å². The lowest BCUT2D eigenvalue weighted by molar-refractivity contribution is 0.255. The molecule has 1 unspecified atom stereocenters. The van der Waals surface area contributed by atoms with Gasteiger partial charge in [0.15, 0.2) is 5.96 Å². The smallest absolute Gasteiger partial charge is 0.188 e. The van der Waals surface area contributed by atoms with E-state index in [-0.39, 0.29) is 0 Å². The molecule has 0 aromatic heterocycles. The summed E-state index contributed by atoms with van der Waals surface area (Å²) in [5, 5.41) is 3.09. The number of guanidine groups is 1. The molecule has 4 nitrogen and oxygen atoms in total. The molecule has 1 aromatic carbocycles. The van der Waals surface area contributed by atoms with Gasteiger partial charge < -0.3 is 11.1 Å². The molecule has 0 spiro atoms. The van der Waals surface area contributed by atoms with Gasteiger partial charge in [0.25, 0.3) is 0 Å². The van der Waals surface area contributed by atoms with E-state index in [4.69, 9.17) is 5.73 Å². The summed E-state index contributed by atoms with van der Waals surface area (Å²) in [6, 6.07) is 10.8. The number of hydrogen-bond acceptors (Lipinski definition) is 2. The monoisotopic (exact) mass is 262 g/mol. The highest BCUT2D eigenvalue weighted by atomic mass is 15.2. The summed E-state index contributed by atoms with van der Waals surface area (Å²) >= 11 is 0. The summed E-state index contributed by atoms with van der Waals surface area (Å²) in [7, 11) is 2.11. The van der Waals surface area contributed by atoms with E-state index >= 15 is 0 Å². The van der Waals surface area contributed by atoms with Crippen LogP contribution < -0.4 is 11.1 Å². The Hall–Kier alpha value is -1.55. The number of aliphatic imine (C=N–C) groups is 1. The second-order valence-electron chi connectivity index (χ2n) is 4.90. The lowest BCUT2D eigenvalue weighted by atomic mass is 10.2. The van der Waals surface area contributed by atoms with Crippen LogP contribution in [-0.4, -0.2) is 37.0 Å². The van der Waals surface area contributed by atoms with Crippen molar-refractivity contribution < 1.29 is 0 Å². The van der Waals surface area contributed by atoms with Crippen molar-refractivity contribution in [1.29, 1.82) is 0 Å². The normalized spacial score (nSPS) is 13.6. The topological polar surface area (TPSA) is 53.6 Å². The van der Waals surface area contributed by atoms with E-state index in [1.807, 2.05) is 6.07 Å². The Morgan fingerprint density at radius 3 is 2.68 bits per heavy atom. The maximum atomic E-state index is 5.78. The van der Waals surface area contributed by atoms with Gasteiger partial charge in [-0.15, -0.1) is 0 Å². The zero-order valence-corrected chi connectivity index (χ0v) is 12.3. The lowest BCUT2D eigenvalue weighted by Crippen LogP contribution is -2.35. The van der Waals surface area contributed by atoms with Gasteiger partial charge in [-0.3, -0.25) is 9.89 Å². The van der Waals surface area contributed by atoms with Crippen molar-refractivity contribution in [3.8, 4) is 0 Å². The maximum absolute atomic E-state index is 5.78. The highest BCUT2D eigenvalue weighted by Gasteiger charge is 2.08. The molecule has 0 aliphatic heterocycles. The molecule has 0 heterocycles. The predicted octanol–water partition coefficient (Wildman–Crippen LogP) is 1.82. The van der Waals surface area contributed by atoms with Gasteiger partial charge >= 0.3 is 0 Å². The zero-order chi connectivity index (χ0) is 14.1. The van der Waals surface area contributed by atoms with Crippen LogP contribution in [0.15, 0.2) is 35.3 Å². The van der Waals surface area contributed by atoms with Crippen molar-refractivity contribution in [3.63, 3.8) is 0 Å². The third-order valence-corrected chi connectivity index (χ3v) is 3.11. The van der Waals surface area contributed by atoms with Crippen molar-refractivity contribution in [2.24, 2.45) is 10.7 Å². The number of nitrogens with zero attached hydrogens (tertiary/aromatic N) is 2. The zero-order valence-electron chi connectivity index (χ0n) is 12.3. The molecular weight excluding hydrogens is 236 g/mol. The first kappa shape index (κ1) is 15.5. The highest BCUT2D eigenvalue weighted by Crippen LogP contribution is 2.06. The SMILES string of the molecule is CCCNC(N)=NCC(C)N(C)Cc1ccccc1. The van der Waals surface area contributed by atoms with Crippen molar-refractivity contribution in [2.75, 3.05) is 20.1 Å². The van der Waals surface area contributed by atoms with Gasteiger partial charge in [-0.1, -0.05) is 37.3 Å². The van der Waals surface area contributed by atoms with Crippen LogP contribution in [0.4, 0.5) is 0 Å². The van der Waals surface area contributed by atoms with E-state index in [1.165, 1.54) is 5.56 Å². The number of likely N-dealkylation sites (N-methyl/N-ethyl adjacent to an activating group) is 1. The first-order chi connectivity index (χ1) is 9.13. The van der Waals surface area contributed by atoms with Gasteiger partial charge in [0.2, 0.25) is 0 Å². The van der Waals surface area contributed by atoms with E-state index in [9.17, 15) is 0 Å². The van der Waals surface area contributed by atoms with Crippen LogP contribution in [0.1, 0.15) is 25.8 Å². The van der Waals surface area contributed by atoms with E-state index in [1.54, 1.807) is 0 Å². The number of nitrogens with one attached hydrogen (secondary N) is 1. The molecule has 0 saturated heterocycles. The average Bonchev–Trinajstić information content (AvgIpc) is 2.43. The molecule has 1 rings (SSSR count). The summed E-state index contributed by atoms with van der Waals surface area (Å²) in [5.41, 5.74) is 7.10. The van der Waals surface area contributed by atoms with Crippen LogP contribution in [0.5, 0.6) is 0 Å². The Bertz CT molecular complexity index is 375. The van der Waals surface area contributed by atoms with Gasteiger partial charge in [-0.25, -0.2) is 0 Å². The number of nitrogens with two attached hydrogens (primary N) is 1. The molecule has 1 atom stereocenters. The first-order valence-electron chi connectivity index (χ1n) is 6.91. The minimum Gasteiger partial charge on any atom is -0.370 e. The predicted molar refractivity (Wildman–Crippen MR) is 82.2 cm³/mol. The second-order valence-corrected chi connectivity index (χ2v) is 4.90. The molecular formula is C15H26N4. The third kappa shape index (κ3) is 6.25. The van der Waals surface area contributed by atoms with Crippen molar-refractivity contribution in [3.05, 3.63) is 35.9 Å². The molecule has 3 N–H and O–H groups in total. The number of benzene rings is 1. The molecule has 19 heavy (non-hydrogen) atoms. The largest absolute Gasteiger partial charge is 0.370 e. The molecule has 1 aromatic rings. The lowest BCUT2D eigenvalue weighted by Gasteiger charge is -2.23. The van der Waals surface area contributed by atoms with Gasteiger partial charge in [0, 0.05) is 19.1 Å². The quantitative estimate of drug-likeness (QED) is 0.582. The van der Waals surface area contributed by atoms with Crippen molar-refractivity contribution in [2.45, 2.75) is 32.9 Å². The molecule has 0 saturated carbocycles. The van der Waals surface area contributed by atoms with Crippen LogP contribution in [0.3, 0.4) is 0 Å². The summed E-state index contributed by atoms with van der Waals surface area (Å²) in [4.78, 5) is 6.65. The van der Waals surface area contributed by atoms with Gasteiger partial charge in [-0.2, -0.15) is 0 Å². The van der Waals surface area contributed by atoms with Crippen LogP contribution in [0.25, 0.3) is 0 Å². The molecule has 0 aliphatic rings. The Kier molecular flexibility index (Phi) is 6.97. The minimum absolute atomic E-state index is 0.363. The van der Waals surface area contributed by atoms with Gasteiger partial charge in [0.1, 0.15) is 0 Å². The molecule has 0 amide bonds. The third-order valence-electron chi connectivity index (χ3n) is 3.11.